The highest BCUT2D eigenvalue weighted by molar-refractivity contribution is 5.72. The van der Waals surface area contributed by atoms with Crippen molar-refractivity contribution in [2.75, 3.05) is 6.61 Å². The minimum absolute atomic E-state index is 0.0131. The first-order valence-electron chi connectivity index (χ1n) is 13.3. The zero-order valence-electron chi connectivity index (χ0n) is 21.1. The number of halogens is 3. The smallest absolute Gasteiger partial charge is 0.166 e. The Kier molecular flexibility index (Phi) is 7.82. The van der Waals surface area contributed by atoms with Crippen molar-refractivity contribution in [3.8, 4) is 11.1 Å². The Morgan fingerprint density at radius 1 is 0.865 bits per heavy atom. The summed E-state index contributed by atoms with van der Waals surface area (Å²) < 4.78 is 49.4. The molecule has 1 saturated carbocycles. The highest BCUT2D eigenvalue weighted by Gasteiger charge is 2.29. The molecular formula is C32H33F3O2. The SMILES string of the molecule is CCCC(O)C1CCC(c2ccc(/C=C/c3ccc(-c4ccc(C5CO5)c(F)c4)cc3)c(F)c2F)CC1. The van der Waals surface area contributed by atoms with E-state index in [1.807, 2.05) is 30.3 Å². The van der Waals surface area contributed by atoms with Gasteiger partial charge in [0.1, 0.15) is 11.9 Å². The van der Waals surface area contributed by atoms with E-state index in [0.717, 1.165) is 55.2 Å². The largest absolute Gasteiger partial charge is 0.393 e. The van der Waals surface area contributed by atoms with Crippen LogP contribution >= 0.6 is 0 Å². The van der Waals surface area contributed by atoms with Crippen molar-refractivity contribution in [2.24, 2.45) is 5.92 Å². The van der Waals surface area contributed by atoms with Gasteiger partial charge in [-0.05, 0) is 72.3 Å². The third-order valence-electron chi connectivity index (χ3n) is 7.86. The molecule has 1 N–H and O–H groups in total. The highest BCUT2D eigenvalue weighted by atomic mass is 19.2. The molecule has 0 spiro atoms. The van der Waals surface area contributed by atoms with Gasteiger partial charge < -0.3 is 9.84 Å². The lowest BCUT2D eigenvalue weighted by molar-refractivity contribution is 0.0727. The summed E-state index contributed by atoms with van der Waals surface area (Å²) in [5.74, 6) is -1.62. The maximum Gasteiger partial charge on any atom is 0.166 e. The molecular weight excluding hydrogens is 473 g/mol. The summed E-state index contributed by atoms with van der Waals surface area (Å²) in [5, 5.41) is 10.3. The van der Waals surface area contributed by atoms with Gasteiger partial charge in [0.25, 0.3) is 0 Å². The number of hydrogen-bond donors (Lipinski definition) is 1. The van der Waals surface area contributed by atoms with Crippen molar-refractivity contribution in [1.82, 2.24) is 0 Å². The quantitative estimate of drug-likeness (QED) is 0.246. The molecule has 1 saturated heterocycles. The van der Waals surface area contributed by atoms with Crippen molar-refractivity contribution in [1.29, 1.82) is 0 Å². The molecule has 3 aromatic rings. The summed E-state index contributed by atoms with van der Waals surface area (Å²) in [6, 6.07) is 16.0. The molecule has 2 unspecified atom stereocenters. The van der Waals surface area contributed by atoms with Gasteiger partial charge in [-0.1, -0.05) is 74.0 Å². The van der Waals surface area contributed by atoms with Crippen LogP contribution in [0.3, 0.4) is 0 Å². The fourth-order valence-corrected chi connectivity index (χ4v) is 5.54. The molecule has 1 heterocycles. The molecule has 0 radical (unpaired) electrons. The number of benzene rings is 3. The molecule has 2 atom stereocenters. The first kappa shape index (κ1) is 25.7. The number of ether oxygens (including phenoxy) is 1. The molecule has 0 bridgehead atoms. The summed E-state index contributed by atoms with van der Waals surface area (Å²) in [6.07, 6.45) is 7.88. The van der Waals surface area contributed by atoms with E-state index in [2.05, 4.69) is 6.92 Å². The zero-order chi connectivity index (χ0) is 25.9. The standard InChI is InChI=1S/C32H33F3O2/c1-2-3-29(36)23-12-10-22(11-13-23)26-16-14-24(31(34)32(26)35)9-6-20-4-7-21(8-5-20)25-15-17-27(28(33)18-25)30-19-37-30/h4-9,14-18,22-23,29-30,36H,2-3,10-13,19H2,1H3/b9-6+. The second kappa shape index (κ2) is 11.2. The second-order valence-corrected chi connectivity index (χ2v) is 10.4. The van der Waals surface area contributed by atoms with Crippen LogP contribution in [0.2, 0.25) is 0 Å². The van der Waals surface area contributed by atoms with Crippen LogP contribution in [0.1, 0.15) is 79.7 Å². The first-order valence-corrected chi connectivity index (χ1v) is 13.3. The Morgan fingerprint density at radius 2 is 1.54 bits per heavy atom. The Labute approximate surface area is 216 Å². The van der Waals surface area contributed by atoms with Crippen LogP contribution in [-0.2, 0) is 4.74 Å². The lowest BCUT2D eigenvalue weighted by atomic mass is 9.76. The van der Waals surface area contributed by atoms with E-state index in [9.17, 15) is 13.9 Å². The Bertz CT molecular complexity index is 1260. The molecule has 2 nitrogen and oxygen atoms in total. The average Bonchev–Trinajstić information content (AvgIpc) is 3.75. The van der Waals surface area contributed by atoms with Crippen LogP contribution in [0.15, 0.2) is 54.6 Å². The third-order valence-corrected chi connectivity index (χ3v) is 7.86. The topological polar surface area (TPSA) is 32.8 Å². The van der Waals surface area contributed by atoms with Crippen molar-refractivity contribution in [2.45, 2.75) is 63.6 Å². The van der Waals surface area contributed by atoms with Crippen LogP contribution < -0.4 is 0 Å². The molecule has 5 rings (SSSR count). The Hall–Kier alpha value is -2.89. The molecule has 37 heavy (non-hydrogen) atoms. The van der Waals surface area contributed by atoms with E-state index < -0.39 is 11.6 Å². The number of aliphatic hydroxyl groups excluding tert-OH is 1. The summed E-state index contributed by atoms with van der Waals surface area (Å²) in [7, 11) is 0. The van der Waals surface area contributed by atoms with Crippen LogP contribution in [0, 0.1) is 23.4 Å². The number of hydrogen-bond acceptors (Lipinski definition) is 2. The molecule has 0 amide bonds. The molecule has 194 valence electrons. The second-order valence-electron chi connectivity index (χ2n) is 10.4. The van der Waals surface area contributed by atoms with Gasteiger partial charge in [0, 0.05) is 11.1 Å². The zero-order valence-corrected chi connectivity index (χ0v) is 21.1. The molecule has 1 aliphatic heterocycles. The van der Waals surface area contributed by atoms with Crippen LogP contribution in [0.4, 0.5) is 13.2 Å². The summed E-state index contributed by atoms with van der Waals surface area (Å²) >= 11 is 0. The third kappa shape index (κ3) is 5.83. The Morgan fingerprint density at radius 3 is 2.19 bits per heavy atom. The van der Waals surface area contributed by atoms with E-state index in [1.165, 1.54) is 6.07 Å². The fourth-order valence-electron chi connectivity index (χ4n) is 5.54. The van der Waals surface area contributed by atoms with Gasteiger partial charge in [-0.25, -0.2) is 13.2 Å². The van der Waals surface area contributed by atoms with Gasteiger partial charge in [-0.2, -0.15) is 0 Å². The van der Waals surface area contributed by atoms with Gasteiger partial charge in [0.05, 0.1) is 12.7 Å². The van der Waals surface area contributed by atoms with Crippen molar-refractivity contribution in [3.63, 3.8) is 0 Å². The van der Waals surface area contributed by atoms with Gasteiger partial charge >= 0.3 is 0 Å². The van der Waals surface area contributed by atoms with E-state index in [1.54, 1.807) is 30.4 Å². The minimum atomic E-state index is -0.825. The molecule has 3 aromatic carbocycles. The van der Waals surface area contributed by atoms with Crippen molar-refractivity contribution >= 4 is 12.2 Å². The lowest BCUT2D eigenvalue weighted by Crippen LogP contribution is -2.25. The molecule has 5 heteroatoms. The maximum absolute atomic E-state index is 15.0. The minimum Gasteiger partial charge on any atom is -0.393 e. The predicted octanol–water partition coefficient (Wildman–Crippen LogP) is 8.45. The predicted molar refractivity (Wildman–Crippen MR) is 141 cm³/mol. The highest BCUT2D eigenvalue weighted by Crippen LogP contribution is 2.39. The number of epoxide rings is 1. The summed E-state index contributed by atoms with van der Waals surface area (Å²) in [6.45, 7) is 2.63. The van der Waals surface area contributed by atoms with Gasteiger partial charge in [0.2, 0.25) is 0 Å². The van der Waals surface area contributed by atoms with E-state index in [0.29, 0.717) is 17.7 Å². The van der Waals surface area contributed by atoms with Gasteiger partial charge in [-0.3, -0.25) is 0 Å². The molecule has 2 fully saturated rings. The number of rotatable bonds is 8. The van der Waals surface area contributed by atoms with Gasteiger partial charge in [0.15, 0.2) is 11.6 Å². The summed E-state index contributed by atoms with van der Waals surface area (Å²) in [4.78, 5) is 0. The monoisotopic (exact) mass is 506 g/mol. The maximum atomic E-state index is 15.0. The van der Waals surface area contributed by atoms with E-state index in [-0.39, 0.29) is 35.4 Å². The lowest BCUT2D eigenvalue weighted by Gasteiger charge is -2.32. The fraction of sp³-hybridized carbons (Fsp3) is 0.375. The molecule has 0 aromatic heterocycles. The molecule has 2 aliphatic rings. The van der Waals surface area contributed by atoms with Crippen LogP contribution in [0.25, 0.3) is 23.3 Å². The summed E-state index contributed by atoms with van der Waals surface area (Å²) in [5.41, 5.74) is 3.71. The number of aliphatic hydroxyl groups is 1. The first-order chi connectivity index (χ1) is 17.9. The van der Waals surface area contributed by atoms with E-state index in [4.69, 9.17) is 4.74 Å². The van der Waals surface area contributed by atoms with Gasteiger partial charge in [-0.15, -0.1) is 0 Å². The van der Waals surface area contributed by atoms with Crippen molar-refractivity contribution in [3.05, 3.63) is 94.3 Å². The normalized spacial score (nSPS) is 22.4. The molecule has 1 aliphatic carbocycles. The average molecular weight is 507 g/mol. The van der Waals surface area contributed by atoms with Crippen molar-refractivity contribution < 1.29 is 23.0 Å². The van der Waals surface area contributed by atoms with Crippen LogP contribution in [-0.4, -0.2) is 17.8 Å². The van der Waals surface area contributed by atoms with Crippen LogP contribution in [0.5, 0.6) is 0 Å². The van der Waals surface area contributed by atoms with E-state index >= 15 is 4.39 Å². The Balaban J connectivity index is 1.24.